The summed E-state index contributed by atoms with van der Waals surface area (Å²) in [5, 5.41) is 9.20. The van der Waals surface area contributed by atoms with Gasteiger partial charge < -0.3 is 14.6 Å². The number of aliphatic hydroxyl groups is 1. The van der Waals surface area contributed by atoms with Crippen molar-refractivity contribution in [2.24, 2.45) is 0 Å². The van der Waals surface area contributed by atoms with E-state index in [9.17, 15) is 14.7 Å². The van der Waals surface area contributed by atoms with Gasteiger partial charge in [-0.2, -0.15) is 0 Å². The van der Waals surface area contributed by atoms with E-state index in [1.165, 1.54) is 57.8 Å². The van der Waals surface area contributed by atoms with Crippen molar-refractivity contribution in [1.29, 1.82) is 0 Å². The maximum Gasteiger partial charge on any atom is 0.306 e. The average Bonchev–Trinajstić information content (AvgIpc) is 2.74. The fourth-order valence-electron chi connectivity index (χ4n) is 3.17. The maximum atomic E-state index is 11.8. The number of rotatable bonds is 21. The molecule has 0 aliphatic rings. The van der Waals surface area contributed by atoms with Gasteiger partial charge in [0, 0.05) is 12.8 Å². The number of esters is 2. The van der Waals surface area contributed by atoms with Gasteiger partial charge in [0.25, 0.3) is 0 Å². The minimum absolute atomic E-state index is 0.0735. The first-order valence-electron chi connectivity index (χ1n) is 12.2. The minimum Gasteiger partial charge on any atom is -0.462 e. The molecule has 0 saturated carbocycles. The molecule has 0 aromatic heterocycles. The predicted octanol–water partition coefficient (Wildman–Crippen LogP) is 6.27. The normalized spacial score (nSPS) is 12.2. The summed E-state index contributed by atoms with van der Waals surface area (Å²) in [6.45, 7) is 3.72. The zero-order valence-corrected chi connectivity index (χ0v) is 19.5. The molecule has 5 heteroatoms. The van der Waals surface area contributed by atoms with Gasteiger partial charge in [-0.15, -0.1) is 0 Å². The van der Waals surface area contributed by atoms with E-state index < -0.39 is 6.10 Å². The van der Waals surface area contributed by atoms with Gasteiger partial charge >= 0.3 is 11.9 Å². The number of allylic oxidation sites excluding steroid dienone is 2. The lowest BCUT2D eigenvalue weighted by atomic mass is 10.1. The van der Waals surface area contributed by atoms with E-state index in [0.717, 1.165) is 25.7 Å². The second-order valence-electron chi connectivity index (χ2n) is 8.06. The van der Waals surface area contributed by atoms with Crippen LogP contribution in [0.2, 0.25) is 0 Å². The zero-order valence-electron chi connectivity index (χ0n) is 19.5. The van der Waals surface area contributed by atoms with Gasteiger partial charge in [-0.1, -0.05) is 77.4 Å². The van der Waals surface area contributed by atoms with Crippen molar-refractivity contribution >= 4 is 11.9 Å². The first kappa shape index (κ1) is 28.6. The summed E-state index contributed by atoms with van der Waals surface area (Å²) in [6, 6.07) is 0. The molecule has 5 nitrogen and oxygen atoms in total. The molecule has 0 saturated heterocycles. The van der Waals surface area contributed by atoms with Gasteiger partial charge in [0.15, 0.2) is 6.10 Å². The molecule has 0 aromatic rings. The van der Waals surface area contributed by atoms with Crippen LogP contribution < -0.4 is 0 Å². The molecule has 30 heavy (non-hydrogen) atoms. The Kier molecular flexibility index (Phi) is 21.3. The first-order valence-corrected chi connectivity index (χ1v) is 12.2. The fourth-order valence-corrected chi connectivity index (χ4v) is 3.17. The summed E-state index contributed by atoms with van der Waals surface area (Å²) in [7, 11) is 0. The average molecular weight is 427 g/mol. The Bertz CT molecular complexity index is 433. The van der Waals surface area contributed by atoms with Crippen molar-refractivity contribution in [2.45, 2.75) is 123 Å². The summed E-state index contributed by atoms with van der Waals surface area (Å²) in [5.41, 5.74) is 0. The molecule has 0 aromatic carbocycles. The second kappa shape index (κ2) is 22.3. The van der Waals surface area contributed by atoms with Crippen LogP contribution in [0.3, 0.4) is 0 Å². The zero-order chi connectivity index (χ0) is 22.3. The molecule has 0 fully saturated rings. The second-order valence-corrected chi connectivity index (χ2v) is 8.06. The van der Waals surface area contributed by atoms with E-state index in [1.54, 1.807) is 0 Å². The summed E-state index contributed by atoms with van der Waals surface area (Å²) < 4.78 is 10.2. The Morgan fingerprint density at radius 3 is 1.87 bits per heavy atom. The quantitative estimate of drug-likeness (QED) is 0.133. The van der Waals surface area contributed by atoms with Crippen LogP contribution in [-0.2, 0) is 19.1 Å². The summed E-state index contributed by atoms with van der Waals surface area (Å²) >= 11 is 0. The Labute approximate surface area is 184 Å². The third kappa shape index (κ3) is 19.9. The molecule has 0 rings (SSSR count). The third-order valence-corrected chi connectivity index (χ3v) is 5.03. The summed E-state index contributed by atoms with van der Waals surface area (Å²) in [5.74, 6) is -0.664. The van der Waals surface area contributed by atoms with Crippen LogP contribution in [0.4, 0.5) is 0 Å². The van der Waals surface area contributed by atoms with Crippen LogP contribution in [-0.4, -0.2) is 36.4 Å². The Morgan fingerprint density at radius 2 is 1.30 bits per heavy atom. The SMILES string of the molecule is CCCCCCCCC=CCCCCCCCC(=O)OCC(CO)OC(=O)CCC. The van der Waals surface area contributed by atoms with Crippen molar-refractivity contribution in [1.82, 2.24) is 0 Å². The minimum atomic E-state index is -0.762. The third-order valence-electron chi connectivity index (χ3n) is 5.03. The van der Waals surface area contributed by atoms with E-state index in [4.69, 9.17) is 9.47 Å². The van der Waals surface area contributed by atoms with E-state index >= 15 is 0 Å². The highest BCUT2D eigenvalue weighted by Gasteiger charge is 2.15. The smallest absolute Gasteiger partial charge is 0.306 e. The van der Waals surface area contributed by atoms with Crippen molar-refractivity contribution < 1.29 is 24.2 Å². The lowest BCUT2D eigenvalue weighted by Gasteiger charge is -2.15. The van der Waals surface area contributed by atoms with E-state index in [0.29, 0.717) is 19.3 Å². The van der Waals surface area contributed by atoms with Crippen molar-refractivity contribution in [3.63, 3.8) is 0 Å². The van der Waals surface area contributed by atoms with Crippen molar-refractivity contribution in [2.75, 3.05) is 13.2 Å². The molecule has 176 valence electrons. The molecule has 0 radical (unpaired) electrons. The maximum absolute atomic E-state index is 11.8. The van der Waals surface area contributed by atoms with Crippen LogP contribution in [0.5, 0.6) is 0 Å². The predicted molar refractivity (Wildman–Crippen MR) is 122 cm³/mol. The van der Waals surface area contributed by atoms with Crippen LogP contribution in [0.1, 0.15) is 117 Å². The van der Waals surface area contributed by atoms with Crippen LogP contribution in [0, 0.1) is 0 Å². The van der Waals surface area contributed by atoms with Gasteiger partial charge in [-0.3, -0.25) is 9.59 Å². The lowest BCUT2D eigenvalue weighted by molar-refractivity contribution is -0.161. The monoisotopic (exact) mass is 426 g/mol. The Balaban J connectivity index is 3.47. The van der Waals surface area contributed by atoms with Gasteiger partial charge in [0.1, 0.15) is 6.61 Å². The topological polar surface area (TPSA) is 72.8 Å². The van der Waals surface area contributed by atoms with Crippen LogP contribution >= 0.6 is 0 Å². The van der Waals surface area contributed by atoms with Gasteiger partial charge in [-0.25, -0.2) is 0 Å². The molecule has 0 spiro atoms. The van der Waals surface area contributed by atoms with E-state index in [-0.39, 0.29) is 25.2 Å². The summed E-state index contributed by atoms with van der Waals surface area (Å²) in [6.07, 6.45) is 21.1. The number of ether oxygens (including phenoxy) is 2. The molecule has 1 unspecified atom stereocenters. The highest BCUT2D eigenvalue weighted by Crippen LogP contribution is 2.10. The van der Waals surface area contributed by atoms with Crippen LogP contribution in [0.15, 0.2) is 12.2 Å². The molecule has 0 amide bonds. The summed E-state index contributed by atoms with van der Waals surface area (Å²) in [4.78, 5) is 23.2. The molecule has 1 N–H and O–H groups in total. The number of hydrogen-bond acceptors (Lipinski definition) is 5. The highest BCUT2D eigenvalue weighted by atomic mass is 16.6. The van der Waals surface area contributed by atoms with Crippen molar-refractivity contribution in [3.8, 4) is 0 Å². The number of unbranched alkanes of at least 4 members (excludes halogenated alkanes) is 11. The first-order chi connectivity index (χ1) is 14.6. The van der Waals surface area contributed by atoms with Gasteiger partial charge in [0.2, 0.25) is 0 Å². The largest absolute Gasteiger partial charge is 0.462 e. The number of carbonyl (C=O) groups excluding carboxylic acids is 2. The number of hydrogen-bond donors (Lipinski definition) is 1. The fraction of sp³-hybridized carbons (Fsp3) is 0.840. The molecule has 1 atom stereocenters. The van der Waals surface area contributed by atoms with E-state index in [2.05, 4.69) is 19.1 Å². The molecular formula is C25H46O5. The van der Waals surface area contributed by atoms with Crippen molar-refractivity contribution in [3.05, 3.63) is 12.2 Å². The Morgan fingerprint density at radius 1 is 0.733 bits per heavy atom. The molecular weight excluding hydrogens is 380 g/mol. The Hall–Kier alpha value is -1.36. The number of carbonyl (C=O) groups is 2. The standard InChI is InChI=1S/C25H46O5/c1-3-5-6-7-8-9-10-11-12-13-14-15-16-17-18-20-24(27)29-22-23(21-26)30-25(28)19-4-2/h11-12,23,26H,3-10,13-22H2,1-2H3. The molecule has 0 heterocycles. The van der Waals surface area contributed by atoms with Gasteiger partial charge in [0.05, 0.1) is 6.61 Å². The molecule has 0 aliphatic carbocycles. The lowest BCUT2D eigenvalue weighted by Crippen LogP contribution is -2.28. The highest BCUT2D eigenvalue weighted by molar-refractivity contribution is 5.70. The molecule has 0 bridgehead atoms. The van der Waals surface area contributed by atoms with Crippen LogP contribution in [0.25, 0.3) is 0 Å². The van der Waals surface area contributed by atoms with Gasteiger partial charge in [-0.05, 0) is 38.5 Å². The van der Waals surface area contributed by atoms with E-state index in [1.807, 2.05) is 6.92 Å². The molecule has 0 aliphatic heterocycles. The number of aliphatic hydroxyl groups excluding tert-OH is 1.